The van der Waals surface area contributed by atoms with Gasteiger partial charge in [0.1, 0.15) is 16.6 Å². The summed E-state index contributed by atoms with van der Waals surface area (Å²) >= 11 is 7.48. The topological polar surface area (TPSA) is 33.2 Å². The van der Waals surface area contributed by atoms with Gasteiger partial charge in [0.05, 0.1) is 12.2 Å². The third-order valence-electron chi connectivity index (χ3n) is 5.48. The van der Waals surface area contributed by atoms with Gasteiger partial charge in [-0.3, -0.25) is 4.79 Å². The highest BCUT2D eigenvalue weighted by molar-refractivity contribution is 7.13. The first kappa shape index (κ1) is 20.8. The second-order valence-corrected chi connectivity index (χ2v) is 8.89. The Morgan fingerprint density at radius 2 is 1.75 bits per heavy atom. The highest BCUT2D eigenvalue weighted by Gasteiger charge is 2.25. The average molecular weight is 467 g/mol. The average Bonchev–Trinajstić information content (AvgIpc) is 3.25. The van der Waals surface area contributed by atoms with E-state index in [-0.39, 0.29) is 5.91 Å². The number of aromatic nitrogens is 1. The number of fused-ring (bicyclic) bond motifs is 1. The normalized spacial score (nSPS) is 13.3. The molecule has 0 bridgehead atoms. The molecule has 2 heterocycles. The number of aryl methyl sites for hydroxylation is 1. The lowest BCUT2D eigenvalue weighted by atomic mass is 9.95. The van der Waals surface area contributed by atoms with Gasteiger partial charge in [-0.25, -0.2) is 13.8 Å². The fraction of sp³-hybridized carbons (Fsp3) is 0.120. The number of anilines is 1. The van der Waals surface area contributed by atoms with Crippen LogP contribution in [-0.2, 0) is 17.8 Å². The van der Waals surface area contributed by atoms with E-state index in [0.717, 1.165) is 33.6 Å². The molecular weight excluding hydrogens is 450 g/mol. The molecule has 0 saturated carbocycles. The Hall–Kier alpha value is -3.09. The number of halogens is 3. The van der Waals surface area contributed by atoms with E-state index in [4.69, 9.17) is 16.6 Å². The Labute approximate surface area is 192 Å². The summed E-state index contributed by atoms with van der Waals surface area (Å²) in [6, 6.07) is 16.5. The fourth-order valence-corrected chi connectivity index (χ4v) is 4.83. The Bertz CT molecular complexity index is 1320. The van der Waals surface area contributed by atoms with Crippen molar-refractivity contribution in [2.24, 2.45) is 0 Å². The van der Waals surface area contributed by atoms with Crippen LogP contribution >= 0.6 is 22.9 Å². The summed E-state index contributed by atoms with van der Waals surface area (Å²) in [5.41, 5.74) is 4.53. The Kier molecular flexibility index (Phi) is 5.49. The molecule has 1 aromatic heterocycles. The lowest BCUT2D eigenvalue weighted by Crippen LogP contribution is -2.34. The van der Waals surface area contributed by atoms with E-state index in [2.05, 4.69) is 0 Å². The predicted molar refractivity (Wildman–Crippen MR) is 124 cm³/mol. The van der Waals surface area contributed by atoms with Crippen molar-refractivity contribution in [1.29, 1.82) is 0 Å². The number of nitrogens with zero attached hydrogens (tertiary/aromatic N) is 2. The maximum atomic E-state index is 14.2. The molecule has 3 aromatic carbocycles. The minimum Gasteiger partial charge on any atom is -0.306 e. The maximum absolute atomic E-state index is 14.2. The highest BCUT2D eigenvalue weighted by Crippen LogP contribution is 2.35. The van der Waals surface area contributed by atoms with Crippen molar-refractivity contribution >= 4 is 34.5 Å². The van der Waals surface area contributed by atoms with Gasteiger partial charge in [-0.2, -0.15) is 0 Å². The fourth-order valence-electron chi connectivity index (χ4n) is 3.89. The van der Waals surface area contributed by atoms with E-state index in [1.165, 1.54) is 23.5 Å². The monoisotopic (exact) mass is 466 g/mol. The Morgan fingerprint density at radius 3 is 2.53 bits per heavy atom. The quantitative estimate of drug-likeness (QED) is 0.328. The van der Waals surface area contributed by atoms with E-state index < -0.39 is 11.6 Å². The van der Waals surface area contributed by atoms with Crippen LogP contribution in [0, 0.1) is 11.6 Å². The van der Waals surface area contributed by atoms with Crippen LogP contribution in [0.25, 0.3) is 21.7 Å². The zero-order chi connectivity index (χ0) is 22.2. The third kappa shape index (κ3) is 4.04. The zero-order valence-electron chi connectivity index (χ0n) is 16.8. The number of rotatable bonds is 4. The zero-order valence-corrected chi connectivity index (χ0v) is 18.4. The van der Waals surface area contributed by atoms with Gasteiger partial charge >= 0.3 is 0 Å². The summed E-state index contributed by atoms with van der Waals surface area (Å²) in [5.74, 6) is -1.19. The van der Waals surface area contributed by atoms with E-state index in [0.29, 0.717) is 35.5 Å². The van der Waals surface area contributed by atoms with Crippen molar-refractivity contribution < 1.29 is 13.6 Å². The van der Waals surface area contributed by atoms with Crippen LogP contribution in [0.3, 0.4) is 0 Å². The first-order valence-electron chi connectivity index (χ1n) is 10.1. The molecular formula is C25H17ClF2N2OS. The molecule has 0 fully saturated rings. The van der Waals surface area contributed by atoms with Gasteiger partial charge in [0.25, 0.3) is 0 Å². The molecule has 0 radical (unpaired) electrons. The maximum Gasteiger partial charge on any atom is 0.227 e. The van der Waals surface area contributed by atoms with Crippen LogP contribution in [0.2, 0.25) is 5.02 Å². The highest BCUT2D eigenvalue weighted by atomic mass is 35.5. The lowest BCUT2D eigenvalue weighted by Gasteiger charge is -2.29. The Morgan fingerprint density at radius 1 is 0.969 bits per heavy atom. The summed E-state index contributed by atoms with van der Waals surface area (Å²) in [5, 5.41) is 3.48. The number of carbonyl (C=O) groups excluding carboxylic acids is 1. The first-order chi connectivity index (χ1) is 15.5. The second kappa shape index (κ2) is 8.45. The summed E-state index contributed by atoms with van der Waals surface area (Å²) in [6.45, 7) is 0.361. The van der Waals surface area contributed by atoms with Gasteiger partial charge in [-0.1, -0.05) is 29.8 Å². The van der Waals surface area contributed by atoms with Gasteiger partial charge in [0.15, 0.2) is 0 Å². The number of amides is 1. The minimum absolute atomic E-state index is 0.0271. The molecule has 0 N–H and O–H groups in total. The number of thiazole rings is 1. The molecule has 4 aromatic rings. The number of hydrogen-bond donors (Lipinski definition) is 0. The van der Waals surface area contributed by atoms with Crippen molar-refractivity contribution in [1.82, 2.24) is 4.98 Å². The van der Waals surface area contributed by atoms with Gasteiger partial charge in [-0.05, 0) is 53.9 Å². The van der Waals surface area contributed by atoms with E-state index in [1.807, 2.05) is 41.8 Å². The molecule has 32 heavy (non-hydrogen) atoms. The van der Waals surface area contributed by atoms with E-state index >= 15 is 0 Å². The summed E-state index contributed by atoms with van der Waals surface area (Å²) in [6.07, 6.45) is 0.949. The number of carbonyl (C=O) groups is 1. The molecule has 0 atom stereocenters. The molecule has 0 aliphatic carbocycles. The van der Waals surface area contributed by atoms with Crippen molar-refractivity contribution in [2.45, 2.75) is 19.4 Å². The smallest absolute Gasteiger partial charge is 0.227 e. The largest absolute Gasteiger partial charge is 0.306 e. The number of hydrogen-bond acceptors (Lipinski definition) is 3. The standard InChI is InChI=1S/C25H17ClF2N2OS/c26-18-5-1-15(2-6-18)25-29-20(14-32-25)13-30-23-9-3-16(11-17(23)4-10-24(30)31)21-8-7-19(27)12-22(21)28/h1-3,5-9,11-12,14H,4,10,13H2. The molecule has 1 amide bonds. The molecule has 0 spiro atoms. The van der Waals surface area contributed by atoms with E-state index in [1.54, 1.807) is 11.0 Å². The molecule has 7 heteroatoms. The summed E-state index contributed by atoms with van der Waals surface area (Å²) < 4.78 is 27.5. The van der Waals surface area contributed by atoms with Crippen LogP contribution in [0.15, 0.2) is 66.0 Å². The van der Waals surface area contributed by atoms with E-state index in [9.17, 15) is 13.6 Å². The SMILES string of the molecule is O=C1CCc2cc(-c3ccc(F)cc3F)ccc2N1Cc1csc(-c2ccc(Cl)cc2)n1. The van der Waals surface area contributed by atoms with Crippen molar-refractivity contribution in [3.05, 3.63) is 94.0 Å². The van der Waals surface area contributed by atoms with Crippen molar-refractivity contribution in [3.8, 4) is 21.7 Å². The second-order valence-electron chi connectivity index (χ2n) is 7.60. The third-order valence-corrected chi connectivity index (χ3v) is 6.68. The van der Waals surface area contributed by atoms with Crippen LogP contribution in [0.5, 0.6) is 0 Å². The molecule has 5 rings (SSSR count). The van der Waals surface area contributed by atoms with Crippen LogP contribution < -0.4 is 4.90 Å². The van der Waals surface area contributed by atoms with Crippen LogP contribution in [-0.4, -0.2) is 10.9 Å². The van der Waals surface area contributed by atoms with Gasteiger partial charge in [0.2, 0.25) is 5.91 Å². The first-order valence-corrected chi connectivity index (χ1v) is 11.3. The van der Waals surface area contributed by atoms with Crippen LogP contribution in [0.4, 0.5) is 14.5 Å². The minimum atomic E-state index is -0.609. The molecule has 160 valence electrons. The molecule has 1 aliphatic rings. The number of benzene rings is 3. The Balaban J connectivity index is 1.43. The van der Waals surface area contributed by atoms with Gasteiger partial charge in [-0.15, -0.1) is 11.3 Å². The summed E-state index contributed by atoms with van der Waals surface area (Å²) in [4.78, 5) is 19.1. The van der Waals surface area contributed by atoms with Crippen molar-refractivity contribution in [2.75, 3.05) is 4.90 Å². The molecule has 0 unspecified atom stereocenters. The molecule has 0 saturated heterocycles. The van der Waals surface area contributed by atoms with Crippen LogP contribution in [0.1, 0.15) is 17.7 Å². The lowest BCUT2D eigenvalue weighted by molar-refractivity contribution is -0.119. The summed E-state index contributed by atoms with van der Waals surface area (Å²) in [7, 11) is 0. The van der Waals surface area contributed by atoms with Crippen molar-refractivity contribution in [3.63, 3.8) is 0 Å². The van der Waals surface area contributed by atoms with Gasteiger partial charge in [0, 0.05) is 39.7 Å². The molecule has 1 aliphatic heterocycles. The van der Waals surface area contributed by atoms with Gasteiger partial charge < -0.3 is 4.90 Å². The molecule has 3 nitrogen and oxygen atoms in total. The predicted octanol–water partition coefficient (Wildman–Crippen LogP) is 6.89.